The van der Waals surface area contributed by atoms with Crippen molar-refractivity contribution in [1.82, 2.24) is 24.4 Å². The van der Waals surface area contributed by atoms with Gasteiger partial charge in [0.2, 0.25) is 0 Å². The Hall–Kier alpha value is -4.40. The minimum Gasteiger partial charge on any atom is -0.393 e. The smallest absolute Gasteiger partial charge is 0.257 e. The van der Waals surface area contributed by atoms with Crippen LogP contribution in [0.2, 0.25) is 0 Å². The third-order valence-electron chi connectivity index (χ3n) is 7.14. The Bertz CT molecular complexity index is 1600. The van der Waals surface area contributed by atoms with Gasteiger partial charge in [0.1, 0.15) is 23.8 Å². The molecule has 39 heavy (non-hydrogen) atoms. The van der Waals surface area contributed by atoms with Crippen LogP contribution in [0.5, 0.6) is 0 Å². The normalized spacial score (nSPS) is 19.1. The molecule has 10 nitrogen and oxygen atoms in total. The second-order valence-electron chi connectivity index (χ2n) is 10.0. The zero-order valence-corrected chi connectivity index (χ0v) is 21.8. The zero-order valence-electron chi connectivity index (χ0n) is 21.8. The predicted octanol–water partition coefficient (Wildman–Crippen LogP) is 2.66. The number of hydrogen-bond acceptors (Lipinski definition) is 8. The van der Waals surface area contributed by atoms with Crippen LogP contribution in [0.3, 0.4) is 0 Å². The number of pyridine rings is 1. The van der Waals surface area contributed by atoms with Crippen LogP contribution in [0.1, 0.15) is 26.3 Å². The molecule has 0 saturated carbocycles. The van der Waals surface area contributed by atoms with Crippen molar-refractivity contribution in [2.45, 2.75) is 38.5 Å². The molecule has 1 fully saturated rings. The molecule has 200 valence electrons. The van der Waals surface area contributed by atoms with Crippen molar-refractivity contribution in [3.8, 4) is 23.0 Å². The van der Waals surface area contributed by atoms with Crippen molar-refractivity contribution < 1.29 is 19.4 Å². The summed E-state index contributed by atoms with van der Waals surface area (Å²) in [6.45, 7) is 5.08. The Morgan fingerprint density at radius 1 is 1.15 bits per heavy atom. The monoisotopic (exact) mass is 529 g/mol. The molecule has 1 aromatic carbocycles. The van der Waals surface area contributed by atoms with E-state index >= 15 is 4.39 Å². The molecule has 1 aliphatic heterocycles. The summed E-state index contributed by atoms with van der Waals surface area (Å²) in [5, 5.41) is 29.9. The van der Waals surface area contributed by atoms with E-state index in [1.807, 2.05) is 18.7 Å². The lowest BCUT2D eigenvalue weighted by atomic mass is 10.0. The van der Waals surface area contributed by atoms with E-state index in [-0.39, 0.29) is 18.6 Å². The number of rotatable bonds is 5. The summed E-state index contributed by atoms with van der Waals surface area (Å²) in [5.41, 5.74) is -0.0434. The quantitative estimate of drug-likeness (QED) is 0.403. The molecule has 2 N–H and O–H groups in total. The maximum absolute atomic E-state index is 15.1. The molecule has 1 unspecified atom stereocenters. The van der Waals surface area contributed by atoms with Crippen LogP contribution in [0, 0.1) is 17.1 Å². The van der Waals surface area contributed by atoms with Crippen LogP contribution in [-0.2, 0) is 4.79 Å². The number of fused-ring (bicyclic) bond motifs is 1. The molecule has 0 bridgehead atoms. The maximum Gasteiger partial charge on any atom is 0.257 e. The first-order valence-electron chi connectivity index (χ1n) is 12.5. The van der Waals surface area contributed by atoms with Gasteiger partial charge in [-0.15, -0.1) is 0 Å². The molecule has 3 atom stereocenters. The molecule has 1 aliphatic rings. The number of piperazine rings is 1. The third kappa shape index (κ3) is 4.58. The second kappa shape index (κ2) is 10.1. The summed E-state index contributed by atoms with van der Waals surface area (Å²) in [6.07, 6.45) is 4.71. The van der Waals surface area contributed by atoms with Crippen LogP contribution in [0.15, 0.2) is 55.1 Å². The highest BCUT2D eigenvalue weighted by atomic mass is 19.1. The predicted molar refractivity (Wildman–Crippen MR) is 142 cm³/mol. The van der Waals surface area contributed by atoms with Gasteiger partial charge in [-0.3, -0.25) is 9.36 Å². The van der Waals surface area contributed by atoms with Crippen molar-refractivity contribution in [1.29, 1.82) is 5.26 Å². The van der Waals surface area contributed by atoms with Gasteiger partial charge in [-0.1, -0.05) is 18.2 Å². The lowest BCUT2D eigenvalue weighted by Gasteiger charge is -2.46. The summed E-state index contributed by atoms with van der Waals surface area (Å²) in [4.78, 5) is 30.1. The van der Waals surface area contributed by atoms with E-state index in [1.165, 1.54) is 25.5 Å². The topological polar surface area (TPSA) is 131 Å². The molecule has 0 radical (unpaired) electrons. The number of hydrogen-bond donors (Lipinski definition) is 2. The standard InChI is InChI=1S/C28H28FN7O3/c1-17-13-35(27(38)28(3,39)15-37)18(2)12-34(17)25-24-21(20-6-4-5-7-22(20)29)14-36(26(24)33-16-32-25)23-10-19(11-30)8-9-31-23/h4-10,14,16-18,37,39H,12-13,15H2,1-3H3/t17-,18+,28?/m0/s1. The van der Waals surface area contributed by atoms with Gasteiger partial charge in [-0.2, -0.15) is 5.26 Å². The fourth-order valence-corrected chi connectivity index (χ4v) is 5.02. The van der Waals surface area contributed by atoms with Crippen molar-refractivity contribution in [2.24, 2.45) is 0 Å². The molecule has 1 amide bonds. The third-order valence-corrected chi connectivity index (χ3v) is 7.14. The molecule has 3 aromatic heterocycles. The molecule has 4 aromatic rings. The summed E-state index contributed by atoms with van der Waals surface area (Å²) < 4.78 is 16.8. The molecular formula is C28H28FN7O3. The highest BCUT2D eigenvalue weighted by Gasteiger charge is 2.41. The molecule has 11 heteroatoms. The van der Waals surface area contributed by atoms with Crippen molar-refractivity contribution in [3.05, 3.63) is 66.5 Å². The number of aliphatic hydroxyl groups is 2. The van der Waals surface area contributed by atoms with Gasteiger partial charge >= 0.3 is 0 Å². The first-order chi connectivity index (χ1) is 18.7. The van der Waals surface area contributed by atoms with Gasteiger partial charge in [0, 0.05) is 48.7 Å². The number of anilines is 1. The Morgan fingerprint density at radius 3 is 2.64 bits per heavy atom. The van der Waals surface area contributed by atoms with Gasteiger partial charge < -0.3 is 20.0 Å². The van der Waals surface area contributed by atoms with E-state index in [1.54, 1.807) is 46.0 Å². The van der Waals surface area contributed by atoms with E-state index in [0.717, 1.165) is 0 Å². The average Bonchev–Trinajstić information content (AvgIpc) is 3.33. The summed E-state index contributed by atoms with van der Waals surface area (Å²) in [6, 6.07) is 11.3. The zero-order chi connectivity index (χ0) is 27.9. The van der Waals surface area contributed by atoms with E-state index < -0.39 is 23.9 Å². The minimum atomic E-state index is -1.88. The van der Waals surface area contributed by atoms with Gasteiger partial charge in [-0.05, 0) is 39.0 Å². The number of aliphatic hydroxyl groups excluding tert-OH is 1. The van der Waals surface area contributed by atoms with Crippen LogP contribution >= 0.6 is 0 Å². The number of carbonyl (C=O) groups is 1. The van der Waals surface area contributed by atoms with E-state index in [0.29, 0.717) is 45.9 Å². The second-order valence-corrected chi connectivity index (χ2v) is 10.0. The first-order valence-corrected chi connectivity index (χ1v) is 12.5. The fraction of sp³-hybridized carbons (Fsp3) is 0.321. The Morgan fingerprint density at radius 2 is 1.92 bits per heavy atom. The number of halogens is 1. The van der Waals surface area contributed by atoms with E-state index in [9.17, 15) is 20.3 Å². The van der Waals surface area contributed by atoms with Crippen LogP contribution < -0.4 is 4.90 Å². The van der Waals surface area contributed by atoms with Crippen LogP contribution in [0.4, 0.5) is 10.2 Å². The van der Waals surface area contributed by atoms with Gasteiger partial charge in [0.15, 0.2) is 11.2 Å². The number of amides is 1. The number of benzene rings is 1. The SMILES string of the molecule is C[C@@H]1CN(c2ncnc3c2c(-c2ccccc2F)cn3-c2cc(C#N)ccn2)[C@@H](C)CN1C(=O)C(C)(O)CO. The van der Waals surface area contributed by atoms with Gasteiger partial charge in [0.25, 0.3) is 5.91 Å². The molecular weight excluding hydrogens is 501 g/mol. The molecule has 5 rings (SSSR count). The fourth-order valence-electron chi connectivity index (χ4n) is 5.02. The van der Waals surface area contributed by atoms with Gasteiger partial charge in [-0.25, -0.2) is 19.3 Å². The highest BCUT2D eigenvalue weighted by Crippen LogP contribution is 2.39. The lowest BCUT2D eigenvalue weighted by molar-refractivity contribution is -0.156. The first kappa shape index (κ1) is 26.2. The maximum atomic E-state index is 15.1. The minimum absolute atomic E-state index is 0.227. The summed E-state index contributed by atoms with van der Waals surface area (Å²) in [7, 11) is 0. The molecule has 4 heterocycles. The van der Waals surface area contributed by atoms with Crippen LogP contribution in [0.25, 0.3) is 28.0 Å². The Labute approximate surface area is 224 Å². The summed E-state index contributed by atoms with van der Waals surface area (Å²) in [5.74, 6) is 0.0646. The largest absolute Gasteiger partial charge is 0.393 e. The van der Waals surface area contributed by atoms with E-state index in [2.05, 4.69) is 21.0 Å². The molecule has 1 saturated heterocycles. The molecule has 0 aliphatic carbocycles. The summed E-state index contributed by atoms with van der Waals surface area (Å²) >= 11 is 0. The number of nitriles is 1. The van der Waals surface area contributed by atoms with E-state index in [4.69, 9.17) is 0 Å². The number of carbonyl (C=O) groups excluding carboxylic acids is 1. The number of nitrogens with zero attached hydrogens (tertiary/aromatic N) is 7. The highest BCUT2D eigenvalue weighted by molar-refractivity contribution is 6.02. The van der Waals surface area contributed by atoms with Crippen molar-refractivity contribution in [3.63, 3.8) is 0 Å². The van der Waals surface area contributed by atoms with Crippen molar-refractivity contribution in [2.75, 3.05) is 24.6 Å². The Kier molecular flexibility index (Phi) is 6.76. The van der Waals surface area contributed by atoms with Crippen molar-refractivity contribution >= 4 is 22.8 Å². The number of aromatic nitrogens is 4. The Balaban J connectivity index is 1.66. The van der Waals surface area contributed by atoms with Gasteiger partial charge in [0.05, 0.1) is 23.6 Å². The average molecular weight is 530 g/mol. The molecule has 0 spiro atoms. The van der Waals surface area contributed by atoms with Crippen LogP contribution in [-0.4, -0.2) is 77.9 Å². The lowest BCUT2D eigenvalue weighted by Crippen LogP contribution is -2.62.